The number of hydrogen-bond donors (Lipinski definition) is 1. The molecule has 0 fully saturated rings. The summed E-state index contributed by atoms with van der Waals surface area (Å²) in [5.41, 5.74) is 2.99. The summed E-state index contributed by atoms with van der Waals surface area (Å²) in [6.45, 7) is 2.56. The zero-order chi connectivity index (χ0) is 20.7. The molecule has 7 heteroatoms. The van der Waals surface area contributed by atoms with Crippen LogP contribution in [0, 0.1) is 0 Å². The number of carbonyl (C=O) groups excluding carboxylic acids is 2. The fourth-order valence-corrected chi connectivity index (χ4v) is 3.88. The van der Waals surface area contributed by atoms with Gasteiger partial charge in [0.05, 0.1) is 23.0 Å². The van der Waals surface area contributed by atoms with Crippen LogP contribution >= 0.6 is 0 Å². The lowest BCUT2D eigenvalue weighted by Gasteiger charge is -2.33. The third kappa shape index (κ3) is 3.00. The number of benzene rings is 1. The Labute approximate surface area is 173 Å². The number of carbonyl (C=O) groups is 2. The van der Waals surface area contributed by atoms with E-state index >= 15 is 0 Å². The SMILES string of the molecule is C[C@H]1CN(c2ccc3ncccc3c2)C(=O)c2c(C(=O)Nc3cccnc3)ccn21. The molecule has 0 aliphatic carbocycles. The van der Waals surface area contributed by atoms with E-state index in [9.17, 15) is 9.59 Å². The Morgan fingerprint density at radius 2 is 2.00 bits per heavy atom. The van der Waals surface area contributed by atoms with Gasteiger partial charge in [-0.15, -0.1) is 0 Å². The highest BCUT2D eigenvalue weighted by atomic mass is 16.2. The van der Waals surface area contributed by atoms with Crippen LogP contribution < -0.4 is 10.2 Å². The molecule has 0 spiro atoms. The molecule has 0 saturated carbocycles. The monoisotopic (exact) mass is 397 g/mol. The zero-order valence-electron chi connectivity index (χ0n) is 16.3. The minimum absolute atomic E-state index is 0.0298. The molecule has 1 aromatic carbocycles. The van der Waals surface area contributed by atoms with Gasteiger partial charge in [-0.05, 0) is 49.4 Å². The Balaban J connectivity index is 1.51. The number of hydrogen-bond acceptors (Lipinski definition) is 4. The van der Waals surface area contributed by atoms with Gasteiger partial charge in [-0.3, -0.25) is 19.6 Å². The van der Waals surface area contributed by atoms with E-state index in [2.05, 4.69) is 15.3 Å². The van der Waals surface area contributed by atoms with Crippen molar-refractivity contribution in [3.63, 3.8) is 0 Å². The van der Waals surface area contributed by atoms with Crippen LogP contribution in [-0.4, -0.2) is 32.9 Å². The van der Waals surface area contributed by atoms with Gasteiger partial charge in [0.15, 0.2) is 0 Å². The maximum atomic E-state index is 13.4. The molecular formula is C23H19N5O2. The molecule has 0 radical (unpaired) electrons. The maximum Gasteiger partial charge on any atom is 0.275 e. The van der Waals surface area contributed by atoms with Crippen molar-refractivity contribution in [2.75, 3.05) is 16.8 Å². The van der Waals surface area contributed by atoms with Crippen molar-refractivity contribution in [3.05, 3.63) is 84.6 Å². The molecule has 1 aliphatic rings. The third-order valence-corrected chi connectivity index (χ3v) is 5.35. The third-order valence-electron chi connectivity index (χ3n) is 5.35. The standard InChI is InChI=1S/C23H19N5O2/c1-15-14-28(18-6-7-20-16(12-18)4-2-10-25-20)23(30)21-19(8-11-27(15)21)22(29)26-17-5-3-9-24-13-17/h2-13,15H,14H2,1H3,(H,26,29)/t15-/m0/s1. The normalized spacial score (nSPS) is 15.8. The molecule has 0 saturated heterocycles. The summed E-state index contributed by atoms with van der Waals surface area (Å²) in [6.07, 6.45) is 6.76. The molecule has 0 unspecified atom stereocenters. The van der Waals surface area contributed by atoms with Gasteiger partial charge in [0.25, 0.3) is 11.8 Å². The summed E-state index contributed by atoms with van der Waals surface area (Å²) < 4.78 is 1.87. The fourth-order valence-electron chi connectivity index (χ4n) is 3.88. The molecule has 2 amide bonds. The summed E-state index contributed by atoms with van der Waals surface area (Å²) in [4.78, 5) is 36.4. The molecule has 1 aliphatic heterocycles. The summed E-state index contributed by atoms with van der Waals surface area (Å²) in [5, 5.41) is 3.78. The van der Waals surface area contributed by atoms with Crippen molar-refractivity contribution in [2.24, 2.45) is 0 Å². The zero-order valence-corrected chi connectivity index (χ0v) is 16.3. The first kappa shape index (κ1) is 18.1. The number of nitrogens with zero attached hydrogens (tertiary/aromatic N) is 4. The van der Waals surface area contributed by atoms with Crippen molar-refractivity contribution >= 4 is 34.1 Å². The van der Waals surface area contributed by atoms with Gasteiger partial charge < -0.3 is 14.8 Å². The van der Waals surface area contributed by atoms with E-state index < -0.39 is 0 Å². The minimum Gasteiger partial charge on any atom is -0.338 e. The molecule has 3 aromatic heterocycles. The van der Waals surface area contributed by atoms with Crippen LogP contribution in [0.4, 0.5) is 11.4 Å². The van der Waals surface area contributed by atoms with Crippen LogP contribution in [0.5, 0.6) is 0 Å². The molecule has 148 valence electrons. The van der Waals surface area contributed by atoms with Gasteiger partial charge >= 0.3 is 0 Å². The van der Waals surface area contributed by atoms with E-state index in [1.165, 1.54) is 0 Å². The molecule has 1 atom stereocenters. The Hall–Kier alpha value is -4.00. The number of aromatic nitrogens is 3. The minimum atomic E-state index is -0.332. The van der Waals surface area contributed by atoms with Crippen molar-refractivity contribution < 1.29 is 9.59 Å². The van der Waals surface area contributed by atoms with Gasteiger partial charge in [0.1, 0.15) is 5.69 Å². The molecule has 4 heterocycles. The van der Waals surface area contributed by atoms with E-state index in [4.69, 9.17) is 0 Å². The molecule has 0 bridgehead atoms. The smallest absolute Gasteiger partial charge is 0.275 e. The number of rotatable bonds is 3. The van der Waals surface area contributed by atoms with Crippen molar-refractivity contribution in [3.8, 4) is 0 Å². The summed E-state index contributed by atoms with van der Waals surface area (Å²) >= 11 is 0. The second kappa shape index (κ2) is 7.11. The first-order valence-electron chi connectivity index (χ1n) is 9.70. The van der Waals surface area contributed by atoms with Crippen LogP contribution in [0.25, 0.3) is 10.9 Å². The van der Waals surface area contributed by atoms with E-state index in [1.54, 1.807) is 47.9 Å². The van der Waals surface area contributed by atoms with Gasteiger partial charge in [-0.25, -0.2) is 0 Å². The predicted molar refractivity (Wildman–Crippen MR) is 115 cm³/mol. The lowest BCUT2D eigenvalue weighted by molar-refractivity contribution is 0.0942. The Morgan fingerprint density at radius 3 is 2.83 bits per heavy atom. The maximum absolute atomic E-state index is 13.4. The first-order valence-corrected chi connectivity index (χ1v) is 9.70. The quantitative estimate of drug-likeness (QED) is 0.568. The van der Waals surface area contributed by atoms with Crippen molar-refractivity contribution in [2.45, 2.75) is 13.0 Å². The van der Waals surface area contributed by atoms with Crippen molar-refractivity contribution in [1.29, 1.82) is 0 Å². The van der Waals surface area contributed by atoms with Gasteiger partial charge in [0, 0.05) is 42.3 Å². The number of fused-ring (bicyclic) bond motifs is 2. The number of pyridine rings is 2. The highest BCUT2D eigenvalue weighted by molar-refractivity contribution is 6.16. The second-order valence-corrected chi connectivity index (χ2v) is 7.33. The van der Waals surface area contributed by atoms with Crippen LogP contribution in [0.2, 0.25) is 0 Å². The van der Waals surface area contributed by atoms with Crippen LogP contribution in [0.3, 0.4) is 0 Å². The predicted octanol–water partition coefficient (Wildman–Crippen LogP) is 3.91. The summed E-state index contributed by atoms with van der Waals surface area (Å²) in [7, 11) is 0. The molecule has 30 heavy (non-hydrogen) atoms. The number of amides is 2. The fraction of sp³-hybridized carbons (Fsp3) is 0.130. The van der Waals surface area contributed by atoms with Gasteiger partial charge in [-0.2, -0.15) is 0 Å². The van der Waals surface area contributed by atoms with E-state index in [1.807, 2.05) is 41.8 Å². The van der Waals surface area contributed by atoms with E-state index in [0.717, 1.165) is 16.6 Å². The van der Waals surface area contributed by atoms with Crippen LogP contribution in [0.1, 0.15) is 33.8 Å². The molecule has 7 nitrogen and oxygen atoms in total. The molecular weight excluding hydrogens is 378 g/mol. The average molecular weight is 397 g/mol. The Morgan fingerprint density at radius 1 is 1.13 bits per heavy atom. The molecule has 1 N–H and O–H groups in total. The largest absolute Gasteiger partial charge is 0.338 e. The Kier molecular flexibility index (Phi) is 4.28. The number of nitrogens with one attached hydrogen (secondary N) is 1. The summed E-state index contributed by atoms with van der Waals surface area (Å²) in [6, 6.07) is 14.8. The average Bonchev–Trinajstić information content (AvgIpc) is 3.23. The van der Waals surface area contributed by atoms with Crippen molar-refractivity contribution in [1.82, 2.24) is 14.5 Å². The molecule has 5 rings (SSSR count). The highest BCUT2D eigenvalue weighted by Crippen LogP contribution is 2.30. The van der Waals surface area contributed by atoms with Gasteiger partial charge in [0.2, 0.25) is 0 Å². The van der Waals surface area contributed by atoms with Crippen LogP contribution in [0.15, 0.2) is 73.3 Å². The van der Waals surface area contributed by atoms with E-state index in [-0.39, 0.29) is 17.9 Å². The van der Waals surface area contributed by atoms with Gasteiger partial charge in [-0.1, -0.05) is 6.07 Å². The lowest BCUT2D eigenvalue weighted by Crippen LogP contribution is -2.43. The number of anilines is 2. The topological polar surface area (TPSA) is 80.1 Å². The highest BCUT2D eigenvalue weighted by Gasteiger charge is 2.34. The second-order valence-electron chi connectivity index (χ2n) is 7.33. The Bertz CT molecular complexity index is 1270. The lowest BCUT2D eigenvalue weighted by atomic mass is 10.1. The molecule has 4 aromatic rings. The van der Waals surface area contributed by atoms with E-state index in [0.29, 0.717) is 23.5 Å². The summed E-state index contributed by atoms with van der Waals surface area (Å²) in [5.74, 6) is -0.528. The first-order chi connectivity index (χ1) is 14.6. The van der Waals surface area contributed by atoms with Crippen LogP contribution in [-0.2, 0) is 0 Å².